The largest absolute Gasteiger partial charge is 0.271 e. The van der Waals surface area contributed by atoms with E-state index in [1.54, 1.807) is 4.90 Å². The third-order valence-electron chi connectivity index (χ3n) is 3.83. The summed E-state index contributed by atoms with van der Waals surface area (Å²) in [6, 6.07) is 13.7. The zero-order chi connectivity index (χ0) is 17.4. The molecule has 1 aliphatic heterocycles. The summed E-state index contributed by atoms with van der Waals surface area (Å²) in [5, 5.41) is 18.1. The van der Waals surface area contributed by atoms with Crippen molar-refractivity contribution in [2.24, 2.45) is 4.99 Å². The van der Waals surface area contributed by atoms with Gasteiger partial charge in [0.2, 0.25) is 0 Å². The molecule has 24 heavy (non-hydrogen) atoms. The molecule has 0 aromatic heterocycles. The van der Waals surface area contributed by atoms with E-state index in [1.807, 2.05) is 37.3 Å². The molecule has 1 atom stereocenters. The summed E-state index contributed by atoms with van der Waals surface area (Å²) < 4.78 is 0. The first-order chi connectivity index (χ1) is 11.6. The lowest BCUT2D eigenvalue weighted by molar-refractivity contribution is -0.121. The zero-order valence-electron chi connectivity index (χ0n) is 13.7. The number of rotatable bonds is 7. The molecule has 1 aromatic rings. The zero-order valence-corrected chi connectivity index (χ0v) is 14.6. The topological polar surface area (TPSA) is 80.2 Å². The van der Waals surface area contributed by atoms with Gasteiger partial charge in [-0.3, -0.25) is 9.69 Å². The highest BCUT2D eigenvalue weighted by Crippen LogP contribution is 2.35. The van der Waals surface area contributed by atoms with Gasteiger partial charge in [0.1, 0.15) is 5.54 Å². The van der Waals surface area contributed by atoms with Crippen LogP contribution >= 0.6 is 11.8 Å². The Bertz CT molecular complexity index is 689. The second-order valence-corrected chi connectivity index (χ2v) is 6.83. The molecule has 2 rings (SSSR count). The molecule has 6 heteroatoms. The maximum Gasteiger partial charge on any atom is 0.260 e. The lowest BCUT2D eigenvalue weighted by atomic mass is 9.95. The molecule has 0 N–H and O–H groups in total. The molecule has 0 radical (unpaired) electrons. The van der Waals surface area contributed by atoms with Gasteiger partial charge >= 0.3 is 0 Å². The molecule has 1 aromatic carbocycles. The number of hydrogen-bond donors (Lipinski definition) is 0. The predicted octanol–water partition coefficient (Wildman–Crippen LogP) is 3.88. The van der Waals surface area contributed by atoms with Crippen LogP contribution in [0.4, 0.5) is 5.69 Å². The maximum absolute atomic E-state index is 13.0. The number of benzene rings is 1. The van der Waals surface area contributed by atoms with Gasteiger partial charge in [-0.1, -0.05) is 30.0 Å². The van der Waals surface area contributed by atoms with E-state index in [9.17, 15) is 4.79 Å². The summed E-state index contributed by atoms with van der Waals surface area (Å²) in [4.78, 5) is 19.3. The van der Waals surface area contributed by atoms with Crippen molar-refractivity contribution in [2.75, 3.05) is 10.7 Å². The third kappa shape index (κ3) is 4.15. The summed E-state index contributed by atoms with van der Waals surface area (Å²) in [6.07, 6.45) is 2.90. The third-order valence-corrected chi connectivity index (χ3v) is 4.85. The van der Waals surface area contributed by atoms with Gasteiger partial charge in [-0.15, -0.1) is 0 Å². The van der Waals surface area contributed by atoms with Crippen molar-refractivity contribution < 1.29 is 4.79 Å². The predicted molar refractivity (Wildman–Crippen MR) is 96.5 cm³/mol. The first-order valence-electron chi connectivity index (χ1n) is 7.98. The van der Waals surface area contributed by atoms with Crippen molar-refractivity contribution >= 4 is 28.5 Å². The van der Waals surface area contributed by atoms with E-state index in [1.165, 1.54) is 11.8 Å². The second kappa shape index (κ2) is 8.52. The Morgan fingerprint density at radius 2 is 1.83 bits per heavy atom. The van der Waals surface area contributed by atoms with Crippen molar-refractivity contribution in [1.82, 2.24) is 0 Å². The van der Waals surface area contributed by atoms with Gasteiger partial charge in [0.25, 0.3) is 5.91 Å². The van der Waals surface area contributed by atoms with E-state index in [0.717, 1.165) is 17.9 Å². The summed E-state index contributed by atoms with van der Waals surface area (Å²) in [7, 11) is 0. The monoisotopic (exact) mass is 340 g/mol. The molecule has 0 bridgehead atoms. The maximum atomic E-state index is 13.0. The number of anilines is 1. The highest BCUT2D eigenvalue weighted by molar-refractivity contribution is 8.14. The molecule has 0 saturated carbocycles. The first-order valence-corrected chi connectivity index (χ1v) is 8.97. The van der Waals surface area contributed by atoms with Crippen molar-refractivity contribution in [3.63, 3.8) is 0 Å². The highest BCUT2D eigenvalue weighted by atomic mass is 32.2. The number of carbonyl (C=O) groups is 1. The fraction of sp³-hybridized carbons (Fsp3) is 0.444. The van der Waals surface area contributed by atoms with Crippen molar-refractivity contribution in [2.45, 2.75) is 44.6 Å². The number of para-hydroxylation sites is 1. The Balaban J connectivity index is 2.20. The fourth-order valence-electron chi connectivity index (χ4n) is 2.53. The van der Waals surface area contributed by atoms with Crippen LogP contribution in [0.1, 0.15) is 39.0 Å². The van der Waals surface area contributed by atoms with Gasteiger partial charge in [-0.25, -0.2) is 4.99 Å². The lowest BCUT2D eigenvalue weighted by Crippen LogP contribution is -2.40. The van der Waals surface area contributed by atoms with Crippen LogP contribution in [-0.2, 0) is 4.79 Å². The van der Waals surface area contributed by atoms with Crippen LogP contribution in [0.15, 0.2) is 35.3 Å². The smallest absolute Gasteiger partial charge is 0.260 e. The van der Waals surface area contributed by atoms with Gasteiger partial charge in [0, 0.05) is 18.6 Å². The fourth-order valence-corrected chi connectivity index (χ4v) is 3.58. The van der Waals surface area contributed by atoms with Crippen molar-refractivity contribution in [1.29, 1.82) is 10.5 Å². The average Bonchev–Trinajstić information content (AvgIpc) is 2.84. The normalized spacial score (nSPS) is 19.7. The Morgan fingerprint density at radius 3 is 2.50 bits per heavy atom. The Morgan fingerprint density at radius 1 is 1.17 bits per heavy atom. The Kier molecular flexibility index (Phi) is 6.40. The minimum absolute atomic E-state index is 0.0468. The van der Waals surface area contributed by atoms with Crippen LogP contribution in [0, 0.1) is 22.7 Å². The quantitative estimate of drug-likeness (QED) is 0.705. The molecule has 1 heterocycles. The van der Waals surface area contributed by atoms with E-state index >= 15 is 0 Å². The van der Waals surface area contributed by atoms with Crippen molar-refractivity contribution in [3.8, 4) is 12.1 Å². The molecular formula is C18H20N4OS. The number of carbonyl (C=O) groups excluding carboxylic acids is 1. The van der Waals surface area contributed by atoms with E-state index in [-0.39, 0.29) is 5.91 Å². The Hall–Kier alpha value is -2.31. The Labute approximate surface area is 147 Å². The summed E-state index contributed by atoms with van der Waals surface area (Å²) in [5.41, 5.74) is -0.0115. The van der Waals surface area contributed by atoms with Crippen molar-refractivity contribution in [3.05, 3.63) is 30.3 Å². The van der Waals surface area contributed by atoms with Gasteiger partial charge in [0.15, 0.2) is 5.17 Å². The number of nitrogens with zero attached hydrogens (tertiary/aromatic N) is 4. The van der Waals surface area contributed by atoms with Crippen LogP contribution in [0.5, 0.6) is 0 Å². The standard InChI is InChI=1S/C18H20N4OS/c1-18(11-5-6-12-19)16(23)22(15-9-3-2-4-10-15)17(21-18)24-14-8-7-13-20/h2-4,9-10H,5-8,11,14H2,1H3/t18-/m0/s1. The molecular weight excluding hydrogens is 320 g/mol. The minimum Gasteiger partial charge on any atom is -0.271 e. The molecule has 0 aliphatic carbocycles. The molecule has 124 valence electrons. The number of amidine groups is 1. The number of thioether (sulfide) groups is 1. The van der Waals surface area contributed by atoms with E-state index in [2.05, 4.69) is 12.1 Å². The number of hydrogen-bond acceptors (Lipinski definition) is 5. The van der Waals surface area contributed by atoms with Crippen LogP contribution in [-0.4, -0.2) is 22.4 Å². The summed E-state index contributed by atoms with van der Waals surface area (Å²) in [6.45, 7) is 1.84. The SMILES string of the molecule is C[C@@]1(CCCC#N)N=C(SCCCC#N)N(c2ccccc2)C1=O. The van der Waals surface area contributed by atoms with Gasteiger partial charge in [-0.2, -0.15) is 10.5 Å². The van der Waals surface area contributed by atoms with Gasteiger partial charge in [0.05, 0.1) is 17.8 Å². The van der Waals surface area contributed by atoms with Crippen LogP contribution < -0.4 is 4.90 Å². The molecule has 0 spiro atoms. The van der Waals surface area contributed by atoms with Crippen LogP contribution in [0.25, 0.3) is 0 Å². The number of nitriles is 2. The summed E-state index contributed by atoms with van der Waals surface area (Å²) >= 11 is 1.51. The molecule has 0 saturated heterocycles. The lowest BCUT2D eigenvalue weighted by Gasteiger charge is -2.22. The number of aliphatic imine (C=N–C) groups is 1. The molecule has 0 unspecified atom stereocenters. The second-order valence-electron chi connectivity index (χ2n) is 5.77. The number of unbranched alkanes of at least 4 members (excludes halogenated alkanes) is 2. The van der Waals surface area contributed by atoms with E-state index < -0.39 is 5.54 Å². The van der Waals surface area contributed by atoms with Gasteiger partial charge in [-0.05, 0) is 38.3 Å². The highest BCUT2D eigenvalue weighted by Gasteiger charge is 2.44. The van der Waals surface area contributed by atoms with Crippen LogP contribution in [0.2, 0.25) is 0 Å². The van der Waals surface area contributed by atoms with E-state index in [4.69, 9.17) is 15.5 Å². The molecule has 1 amide bonds. The summed E-state index contributed by atoms with van der Waals surface area (Å²) in [5.74, 6) is 0.700. The number of amides is 1. The van der Waals surface area contributed by atoms with Crippen LogP contribution in [0.3, 0.4) is 0 Å². The van der Waals surface area contributed by atoms with E-state index in [0.29, 0.717) is 30.9 Å². The molecule has 5 nitrogen and oxygen atoms in total. The van der Waals surface area contributed by atoms with Gasteiger partial charge < -0.3 is 0 Å². The first kappa shape index (κ1) is 18.0. The average molecular weight is 340 g/mol. The molecule has 1 aliphatic rings. The molecule has 0 fully saturated rings. The minimum atomic E-state index is -0.815.